The Kier molecular flexibility index (Phi) is 8.20. The molecule has 1 fully saturated rings. The number of nitrogens with one attached hydrogen (secondary N) is 1. The Balaban J connectivity index is 1.61. The number of nitrogens with zero attached hydrogens (tertiary/aromatic N) is 2. The van der Waals surface area contributed by atoms with Crippen molar-refractivity contribution in [1.82, 2.24) is 10.4 Å². The summed E-state index contributed by atoms with van der Waals surface area (Å²) in [5.74, 6) is 0.934. The molecule has 8 nitrogen and oxygen atoms in total. The highest BCUT2D eigenvalue weighted by atomic mass is 79.9. The van der Waals surface area contributed by atoms with Crippen LogP contribution < -0.4 is 10.2 Å². The summed E-state index contributed by atoms with van der Waals surface area (Å²) in [6.45, 7) is 4.82. The number of halogens is 1. The van der Waals surface area contributed by atoms with Crippen LogP contribution >= 0.6 is 15.9 Å². The summed E-state index contributed by atoms with van der Waals surface area (Å²) in [7, 11) is 0. The molecule has 2 aliphatic rings. The van der Waals surface area contributed by atoms with E-state index in [0.717, 1.165) is 15.6 Å². The van der Waals surface area contributed by atoms with E-state index in [1.54, 1.807) is 0 Å². The van der Waals surface area contributed by atoms with Crippen molar-refractivity contribution < 1.29 is 24.1 Å². The molecule has 0 bridgehead atoms. The lowest BCUT2D eigenvalue weighted by Gasteiger charge is -2.33. The van der Waals surface area contributed by atoms with E-state index < -0.39 is 11.6 Å². The number of aliphatic hydroxyl groups excluding tert-OH is 1. The molecule has 9 heteroatoms. The average Bonchev–Trinajstić information content (AvgIpc) is 3.19. The normalized spacial score (nSPS) is 22.7. The van der Waals surface area contributed by atoms with Gasteiger partial charge >= 0.3 is 0 Å². The number of ether oxygens (including phenoxy) is 3. The van der Waals surface area contributed by atoms with Gasteiger partial charge in [-0.3, -0.25) is 10.2 Å². The Labute approximate surface area is 208 Å². The first kappa shape index (κ1) is 24.7. The van der Waals surface area contributed by atoms with Gasteiger partial charge in [-0.1, -0.05) is 34.1 Å². The Morgan fingerprint density at radius 1 is 1.24 bits per heavy atom. The SMILES string of the molecule is C[C@@H]1OC(c2ccc(OCCCO)cc2)=N[C@]1(Cc1ccccc1Br)C(=O)NN1CCOCC1. The summed E-state index contributed by atoms with van der Waals surface area (Å²) in [6.07, 6.45) is 0.485. The Morgan fingerprint density at radius 3 is 2.68 bits per heavy atom. The van der Waals surface area contributed by atoms with Crippen molar-refractivity contribution in [3.8, 4) is 5.75 Å². The molecule has 0 saturated carbocycles. The van der Waals surface area contributed by atoms with E-state index >= 15 is 0 Å². The number of benzene rings is 2. The molecule has 0 spiro atoms. The van der Waals surface area contributed by atoms with E-state index in [4.69, 9.17) is 24.3 Å². The number of aliphatic imine (C=N–C) groups is 1. The lowest BCUT2D eigenvalue weighted by Crippen LogP contribution is -2.58. The molecule has 4 rings (SSSR count). The van der Waals surface area contributed by atoms with Gasteiger partial charge in [-0.25, -0.2) is 10.0 Å². The van der Waals surface area contributed by atoms with Crippen LogP contribution in [0.2, 0.25) is 0 Å². The van der Waals surface area contributed by atoms with E-state index in [2.05, 4.69) is 21.4 Å². The van der Waals surface area contributed by atoms with Crippen LogP contribution in [0, 0.1) is 0 Å². The van der Waals surface area contributed by atoms with Crippen molar-refractivity contribution >= 4 is 27.7 Å². The van der Waals surface area contributed by atoms with Crippen molar-refractivity contribution in [3.05, 3.63) is 64.1 Å². The Hall–Kier alpha value is -2.46. The number of rotatable bonds is 9. The molecule has 1 saturated heterocycles. The summed E-state index contributed by atoms with van der Waals surface area (Å²) in [6, 6.07) is 15.3. The number of carbonyl (C=O) groups is 1. The van der Waals surface area contributed by atoms with E-state index in [0.29, 0.717) is 57.4 Å². The highest BCUT2D eigenvalue weighted by Crippen LogP contribution is 2.34. The molecule has 2 atom stereocenters. The number of amides is 1. The minimum absolute atomic E-state index is 0.0900. The van der Waals surface area contributed by atoms with E-state index in [1.165, 1.54) is 0 Å². The smallest absolute Gasteiger partial charge is 0.266 e. The quantitative estimate of drug-likeness (QED) is 0.483. The molecule has 2 N–H and O–H groups in total. The van der Waals surface area contributed by atoms with E-state index in [-0.39, 0.29) is 12.5 Å². The van der Waals surface area contributed by atoms with Crippen molar-refractivity contribution in [2.75, 3.05) is 39.5 Å². The average molecular weight is 532 g/mol. The minimum atomic E-state index is -1.13. The fourth-order valence-corrected chi connectivity index (χ4v) is 4.42. The number of morpholine rings is 1. The number of hydrogen-bond acceptors (Lipinski definition) is 7. The van der Waals surface area contributed by atoms with Gasteiger partial charge in [-0.2, -0.15) is 0 Å². The molecular weight excluding hydrogens is 502 g/mol. The zero-order valence-electron chi connectivity index (χ0n) is 19.2. The van der Waals surface area contributed by atoms with Crippen LogP contribution in [0.5, 0.6) is 5.75 Å². The Morgan fingerprint density at radius 2 is 1.97 bits per heavy atom. The van der Waals surface area contributed by atoms with Gasteiger partial charge < -0.3 is 19.3 Å². The van der Waals surface area contributed by atoms with Gasteiger partial charge in [0.05, 0.1) is 19.8 Å². The molecule has 1 amide bonds. The largest absolute Gasteiger partial charge is 0.494 e. The standard InChI is InChI=1S/C25H30BrN3O5/c1-18-25(17-20-5-2-3-6-22(20)26,24(31)28-29-11-15-32-16-12-29)27-23(34-18)19-7-9-21(10-8-19)33-14-4-13-30/h2-3,5-10,18,30H,4,11-17H2,1H3,(H,28,31)/t18-,25-/m0/s1. The van der Waals surface area contributed by atoms with Crippen LogP contribution in [0.3, 0.4) is 0 Å². The summed E-state index contributed by atoms with van der Waals surface area (Å²) in [5, 5.41) is 10.8. The number of carbonyl (C=O) groups excluding carboxylic acids is 1. The van der Waals surface area contributed by atoms with Crippen molar-refractivity contribution in [1.29, 1.82) is 0 Å². The fourth-order valence-electron chi connectivity index (χ4n) is 3.99. The monoisotopic (exact) mass is 531 g/mol. The molecule has 2 aromatic carbocycles. The molecule has 0 radical (unpaired) electrons. The molecule has 0 aliphatic carbocycles. The zero-order chi connectivity index (χ0) is 24.0. The Bertz CT molecular complexity index is 1010. The molecular formula is C25H30BrN3O5. The van der Waals surface area contributed by atoms with Gasteiger partial charge in [0.2, 0.25) is 5.90 Å². The maximum absolute atomic E-state index is 13.7. The van der Waals surface area contributed by atoms with Crippen LogP contribution in [0.4, 0.5) is 0 Å². The zero-order valence-corrected chi connectivity index (χ0v) is 20.8. The first-order valence-electron chi connectivity index (χ1n) is 11.5. The molecule has 2 heterocycles. The highest BCUT2D eigenvalue weighted by molar-refractivity contribution is 9.10. The van der Waals surface area contributed by atoms with E-state index in [1.807, 2.05) is 60.5 Å². The van der Waals surface area contributed by atoms with Gasteiger partial charge in [0, 0.05) is 42.6 Å². The summed E-state index contributed by atoms with van der Waals surface area (Å²) in [4.78, 5) is 18.6. The molecule has 2 aliphatic heterocycles. The maximum atomic E-state index is 13.7. The van der Waals surface area contributed by atoms with Gasteiger partial charge in [-0.05, 0) is 42.8 Å². The van der Waals surface area contributed by atoms with Crippen LogP contribution in [-0.4, -0.2) is 73.1 Å². The minimum Gasteiger partial charge on any atom is -0.494 e. The van der Waals surface area contributed by atoms with Gasteiger partial charge in [0.15, 0.2) is 5.54 Å². The number of aliphatic hydroxyl groups is 1. The lowest BCUT2D eigenvalue weighted by atomic mass is 9.86. The van der Waals surface area contributed by atoms with Crippen molar-refractivity contribution in [2.24, 2.45) is 4.99 Å². The summed E-state index contributed by atoms with van der Waals surface area (Å²) in [5.41, 5.74) is 3.67. The first-order valence-corrected chi connectivity index (χ1v) is 12.3. The topological polar surface area (TPSA) is 92.6 Å². The molecule has 0 aromatic heterocycles. The van der Waals surface area contributed by atoms with Crippen LogP contribution in [0.1, 0.15) is 24.5 Å². The van der Waals surface area contributed by atoms with Crippen LogP contribution in [-0.2, 0) is 20.7 Å². The maximum Gasteiger partial charge on any atom is 0.266 e. The van der Waals surface area contributed by atoms with Crippen LogP contribution in [0.15, 0.2) is 58.0 Å². The first-order chi connectivity index (χ1) is 16.5. The van der Waals surface area contributed by atoms with Gasteiger partial charge in [0.1, 0.15) is 11.9 Å². The third-order valence-corrected chi connectivity index (χ3v) is 6.79. The second-order valence-corrected chi connectivity index (χ2v) is 9.21. The second kappa shape index (κ2) is 11.3. The van der Waals surface area contributed by atoms with Gasteiger partial charge in [0.25, 0.3) is 5.91 Å². The third-order valence-electron chi connectivity index (χ3n) is 6.02. The summed E-state index contributed by atoms with van der Waals surface area (Å²) < 4.78 is 18.1. The van der Waals surface area contributed by atoms with E-state index in [9.17, 15) is 4.79 Å². The third kappa shape index (κ3) is 5.60. The summed E-state index contributed by atoms with van der Waals surface area (Å²) >= 11 is 3.61. The predicted molar refractivity (Wildman–Crippen MR) is 132 cm³/mol. The number of hydrogen-bond donors (Lipinski definition) is 2. The highest BCUT2D eigenvalue weighted by Gasteiger charge is 2.51. The van der Waals surface area contributed by atoms with Gasteiger partial charge in [-0.15, -0.1) is 0 Å². The van der Waals surface area contributed by atoms with Crippen molar-refractivity contribution in [3.63, 3.8) is 0 Å². The van der Waals surface area contributed by atoms with Crippen molar-refractivity contribution in [2.45, 2.75) is 31.4 Å². The number of hydrazine groups is 1. The molecule has 182 valence electrons. The predicted octanol–water partition coefficient (Wildman–Crippen LogP) is 2.72. The molecule has 2 aromatic rings. The lowest BCUT2D eigenvalue weighted by molar-refractivity contribution is -0.135. The second-order valence-electron chi connectivity index (χ2n) is 8.36. The van der Waals surface area contributed by atoms with Crippen LogP contribution in [0.25, 0.3) is 0 Å². The molecule has 34 heavy (non-hydrogen) atoms. The fraction of sp³-hybridized carbons (Fsp3) is 0.440. The molecule has 0 unspecified atom stereocenters.